The third-order valence-electron chi connectivity index (χ3n) is 4.34. The number of hydrogen-bond acceptors (Lipinski definition) is 3. The van der Waals surface area contributed by atoms with Crippen LogP contribution in [0.3, 0.4) is 0 Å². The van der Waals surface area contributed by atoms with E-state index < -0.39 is 0 Å². The fourth-order valence-corrected chi connectivity index (χ4v) is 3.31. The number of nitrogens with zero attached hydrogens (tertiary/aromatic N) is 1. The van der Waals surface area contributed by atoms with E-state index in [0.717, 1.165) is 44.6 Å². The molecular formula is C17H23NO3. The van der Waals surface area contributed by atoms with E-state index in [9.17, 15) is 4.79 Å². The second-order valence-corrected chi connectivity index (χ2v) is 5.76. The summed E-state index contributed by atoms with van der Waals surface area (Å²) in [5.41, 5.74) is 0. The van der Waals surface area contributed by atoms with Crippen LogP contribution in [0.4, 0.5) is 0 Å². The van der Waals surface area contributed by atoms with Gasteiger partial charge in [-0.15, -0.1) is 0 Å². The molecule has 2 fully saturated rings. The van der Waals surface area contributed by atoms with Gasteiger partial charge in [0.05, 0.1) is 25.2 Å². The summed E-state index contributed by atoms with van der Waals surface area (Å²) in [4.78, 5) is 14.4. The van der Waals surface area contributed by atoms with Crippen molar-refractivity contribution in [1.29, 1.82) is 0 Å². The highest BCUT2D eigenvalue weighted by molar-refractivity contribution is 5.77. The fraction of sp³-hybridized carbons (Fsp3) is 0.588. The zero-order valence-electron chi connectivity index (χ0n) is 12.4. The zero-order chi connectivity index (χ0) is 14.5. The number of likely N-dealkylation sites (tertiary alicyclic amines) is 1. The first kappa shape index (κ1) is 14.4. The molecule has 3 rings (SSSR count). The molecular weight excluding hydrogens is 266 g/mol. The monoisotopic (exact) mass is 289 g/mol. The van der Waals surface area contributed by atoms with Gasteiger partial charge >= 0.3 is 0 Å². The van der Waals surface area contributed by atoms with Gasteiger partial charge in [-0.05, 0) is 37.8 Å². The SMILES string of the molecule is O=C(CCOc1ccccc1)N1CCC[C@@H]1[C@@H]1CCCO1. The van der Waals surface area contributed by atoms with Crippen molar-refractivity contribution in [1.82, 2.24) is 4.90 Å². The molecule has 0 aromatic heterocycles. The predicted molar refractivity (Wildman–Crippen MR) is 80.3 cm³/mol. The topological polar surface area (TPSA) is 38.8 Å². The molecule has 0 spiro atoms. The van der Waals surface area contributed by atoms with Gasteiger partial charge < -0.3 is 14.4 Å². The van der Waals surface area contributed by atoms with Gasteiger partial charge in [0.1, 0.15) is 5.75 Å². The van der Waals surface area contributed by atoms with E-state index in [-0.39, 0.29) is 18.1 Å². The third-order valence-corrected chi connectivity index (χ3v) is 4.34. The highest BCUT2D eigenvalue weighted by Crippen LogP contribution is 2.28. The average Bonchev–Trinajstić information content (AvgIpc) is 3.19. The third kappa shape index (κ3) is 3.56. The molecule has 2 atom stereocenters. The van der Waals surface area contributed by atoms with Crippen LogP contribution in [0.1, 0.15) is 32.1 Å². The van der Waals surface area contributed by atoms with Crippen LogP contribution >= 0.6 is 0 Å². The number of carbonyl (C=O) groups is 1. The predicted octanol–water partition coefficient (Wildman–Crippen LogP) is 2.63. The van der Waals surface area contributed by atoms with E-state index in [1.165, 1.54) is 0 Å². The van der Waals surface area contributed by atoms with Crippen molar-refractivity contribution in [2.75, 3.05) is 19.8 Å². The first-order valence-electron chi connectivity index (χ1n) is 7.93. The average molecular weight is 289 g/mol. The number of benzene rings is 1. The first-order chi connectivity index (χ1) is 10.3. The summed E-state index contributed by atoms with van der Waals surface area (Å²) in [6.07, 6.45) is 5.09. The van der Waals surface area contributed by atoms with Gasteiger partial charge in [-0.1, -0.05) is 18.2 Å². The Morgan fingerprint density at radius 1 is 1.24 bits per heavy atom. The number of ether oxygens (including phenoxy) is 2. The molecule has 0 radical (unpaired) electrons. The molecule has 1 aromatic rings. The Balaban J connectivity index is 1.48. The summed E-state index contributed by atoms with van der Waals surface area (Å²) in [5, 5.41) is 0. The summed E-state index contributed by atoms with van der Waals surface area (Å²) in [7, 11) is 0. The second-order valence-electron chi connectivity index (χ2n) is 5.76. The van der Waals surface area contributed by atoms with Crippen molar-refractivity contribution in [3.05, 3.63) is 30.3 Å². The Hall–Kier alpha value is -1.55. The van der Waals surface area contributed by atoms with Crippen molar-refractivity contribution in [3.63, 3.8) is 0 Å². The maximum atomic E-state index is 12.4. The van der Waals surface area contributed by atoms with Gasteiger partial charge in [0, 0.05) is 13.2 Å². The van der Waals surface area contributed by atoms with Crippen molar-refractivity contribution in [2.45, 2.75) is 44.2 Å². The van der Waals surface area contributed by atoms with Gasteiger partial charge in [-0.2, -0.15) is 0 Å². The van der Waals surface area contributed by atoms with Crippen LogP contribution in [0.5, 0.6) is 5.75 Å². The maximum Gasteiger partial charge on any atom is 0.226 e. The van der Waals surface area contributed by atoms with Crippen molar-refractivity contribution in [3.8, 4) is 5.75 Å². The van der Waals surface area contributed by atoms with Gasteiger partial charge in [0.25, 0.3) is 0 Å². The van der Waals surface area contributed by atoms with Crippen LogP contribution in [-0.2, 0) is 9.53 Å². The Labute approximate surface area is 126 Å². The summed E-state index contributed by atoms with van der Waals surface area (Å²) in [6, 6.07) is 9.94. The largest absolute Gasteiger partial charge is 0.493 e. The molecule has 21 heavy (non-hydrogen) atoms. The molecule has 0 aliphatic carbocycles. The minimum Gasteiger partial charge on any atom is -0.493 e. The maximum absolute atomic E-state index is 12.4. The van der Waals surface area contributed by atoms with E-state index >= 15 is 0 Å². The number of para-hydroxylation sites is 1. The molecule has 2 heterocycles. The van der Waals surface area contributed by atoms with E-state index in [1.54, 1.807) is 0 Å². The lowest BCUT2D eigenvalue weighted by Crippen LogP contribution is -2.42. The Bertz CT molecular complexity index is 456. The smallest absolute Gasteiger partial charge is 0.226 e. The van der Waals surface area contributed by atoms with Crippen LogP contribution in [0.15, 0.2) is 30.3 Å². The molecule has 0 N–H and O–H groups in total. The second kappa shape index (κ2) is 6.94. The zero-order valence-corrected chi connectivity index (χ0v) is 12.4. The van der Waals surface area contributed by atoms with Gasteiger partial charge in [0.15, 0.2) is 0 Å². The lowest BCUT2D eigenvalue weighted by molar-refractivity contribution is -0.134. The molecule has 2 saturated heterocycles. The summed E-state index contributed by atoms with van der Waals surface area (Å²) in [5.74, 6) is 1.02. The number of hydrogen-bond donors (Lipinski definition) is 0. The normalized spacial score (nSPS) is 25.2. The van der Waals surface area contributed by atoms with Crippen LogP contribution in [0, 0.1) is 0 Å². The van der Waals surface area contributed by atoms with Crippen molar-refractivity contribution < 1.29 is 14.3 Å². The number of rotatable bonds is 5. The minimum atomic E-state index is 0.198. The molecule has 2 aliphatic rings. The molecule has 2 aliphatic heterocycles. The molecule has 114 valence electrons. The first-order valence-corrected chi connectivity index (χ1v) is 7.93. The van der Waals surface area contributed by atoms with Gasteiger partial charge in [-0.3, -0.25) is 4.79 Å². The highest BCUT2D eigenvalue weighted by Gasteiger charge is 2.36. The quantitative estimate of drug-likeness (QED) is 0.836. The fourth-order valence-electron chi connectivity index (χ4n) is 3.31. The lowest BCUT2D eigenvalue weighted by Gasteiger charge is -2.29. The molecule has 0 saturated carbocycles. The van der Waals surface area contributed by atoms with Crippen LogP contribution < -0.4 is 4.74 Å². The van der Waals surface area contributed by atoms with E-state index in [1.807, 2.05) is 35.2 Å². The molecule has 1 amide bonds. The Morgan fingerprint density at radius 3 is 2.86 bits per heavy atom. The number of amides is 1. The van der Waals surface area contributed by atoms with Gasteiger partial charge in [-0.25, -0.2) is 0 Å². The molecule has 0 unspecified atom stereocenters. The highest BCUT2D eigenvalue weighted by atomic mass is 16.5. The standard InChI is InChI=1S/C17H23NO3/c19-17(10-13-20-14-6-2-1-3-7-14)18-11-4-8-15(18)16-9-5-12-21-16/h1-3,6-7,15-16H,4-5,8-13H2/t15-,16+/m1/s1. The van der Waals surface area contributed by atoms with E-state index in [4.69, 9.17) is 9.47 Å². The summed E-state index contributed by atoms with van der Waals surface area (Å²) in [6.45, 7) is 2.16. The molecule has 0 bridgehead atoms. The van der Waals surface area contributed by atoms with Crippen molar-refractivity contribution >= 4 is 5.91 Å². The Kier molecular flexibility index (Phi) is 4.76. The van der Waals surface area contributed by atoms with Crippen LogP contribution in [-0.4, -0.2) is 42.7 Å². The summed E-state index contributed by atoms with van der Waals surface area (Å²) >= 11 is 0. The number of carbonyl (C=O) groups excluding carboxylic acids is 1. The molecule has 4 heteroatoms. The summed E-state index contributed by atoms with van der Waals surface area (Å²) < 4.78 is 11.4. The van der Waals surface area contributed by atoms with E-state index in [2.05, 4.69) is 0 Å². The van der Waals surface area contributed by atoms with Crippen LogP contribution in [0.25, 0.3) is 0 Å². The Morgan fingerprint density at radius 2 is 2.10 bits per heavy atom. The van der Waals surface area contributed by atoms with E-state index in [0.29, 0.717) is 13.0 Å². The molecule has 4 nitrogen and oxygen atoms in total. The van der Waals surface area contributed by atoms with Crippen LogP contribution in [0.2, 0.25) is 0 Å². The van der Waals surface area contributed by atoms with Gasteiger partial charge in [0.2, 0.25) is 5.91 Å². The minimum absolute atomic E-state index is 0.198. The molecule has 1 aromatic carbocycles. The van der Waals surface area contributed by atoms with Crippen molar-refractivity contribution in [2.24, 2.45) is 0 Å². The lowest BCUT2D eigenvalue weighted by atomic mass is 10.1.